The third-order valence-corrected chi connectivity index (χ3v) is 4.21. The minimum absolute atomic E-state index is 0.371. The van der Waals surface area contributed by atoms with E-state index in [1.807, 2.05) is 36.6 Å². The summed E-state index contributed by atoms with van der Waals surface area (Å²) in [5.74, 6) is 1.32. The van der Waals surface area contributed by atoms with Crippen molar-refractivity contribution in [2.45, 2.75) is 19.0 Å². The fourth-order valence-electron chi connectivity index (χ4n) is 2.05. The summed E-state index contributed by atoms with van der Waals surface area (Å²) in [6, 6.07) is 10.6. The number of halogens is 1. The second kappa shape index (κ2) is 8.27. The first-order chi connectivity index (χ1) is 10.6. The summed E-state index contributed by atoms with van der Waals surface area (Å²) < 4.78 is 5.74. The average molecular weight is 340 g/mol. The number of carboxylic acids is 1. The molecule has 0 bridgehead atoms. The van der Waals surface area contributed by atoms with Crippen LogP contribution in [0.3, 0.4) is 0 Å². The fourth-order valence-corrected chi connectivity index (χ4v) is 2.75. The van der Waals surface area contributed by atoms with Crippen LogP contribution in [0.4, 0.5) is 0 Å². The number of carbonyl (C=O) groups is 1. The van der Waals surface area contributed by atoms with E-state index in [0.29, 0.717) is 29.5 Å². The lowest BCUT2D eigenvalue weighted by Crippen LogP contribution is -2.36. The van der Waals surface area contributed by atoms with Gasteiger partial charge >= 0.3 is 5.97 Å². The molecule has 1 aromatic carbocycles. The summed E-state index contributed by atoms with van der Waals surface area (Å²) >= 11 is 7.77. The third kappa shape index (κ3) is 4.53. The van der Waals surface area contributed by atoms with E-state index in [1.165, 1.54) is 0 Å². The van der Waals surface area contributed by atoms with Gasteiger partial charge in [-0.25, -0.2) is 0 Å². The predicted octanol–water partition coefficient (Wildman–Crippen LogP) is 3.90. The number of rotatable bonds is 8. The van der Waals surface area contributed by atoms with Crippen molar-refractivity contribution in [3.63, 3.8) is 0 Å². The zero-order chi connectivity index (χ0) is 15.9. The fraction of sp³-hybridized carbons (Fsp3) is 0.312. The van der Waals surface area contributed by atoms with Crippen LogP contribution < -0.4 is 5.32 Å². The molecular formula is C16H18ClNO3S. The van der Waals surface area contributed by atoms with Gasteiger partial charge in [-0.05, 0) is 42.7 Å². The Morgan fingerprint density at radius 3 is 2.82 bits per heavy atom. The van der Waals surface area contributed by atoms with Gasteiger partial charge in [-0.1, -0.05) is 23.7 Å². The quantitative estimate of drug-likeness (QED) is 0.763. The number of thioether (sulfide) groups is 1. The highest BCUT2D eigenvalue weighted by atomic mass is 35.5. The van der Waals surface area contributed by atoms with Crippen LogP contribution in [0.5, 0.6) is 0 Å². The summed E-state index contributed by atoms with van der Waals surface area (Å²) in [7, 11) is 0. The van der Waals surface area contributed by atoms with Gasteiger partial charge in [0.15, 0.2) is 0 Å². The van der Waals surface area contributed by atoms with Crippen molar-refractivity contribution in [1.29, 1.82) is 0 Å². The van der Waals surface area contributed by atoms with Crippen LogP contribution in [-0.4, -0.2) is 29.1 Å². The van der Waals surface area contributed by atoms with Gasteiger partial charge in [0, 0.05) is 5.56 Å². The lowest BCUT2D eigenvalue weighted by Gasteiger charge is -2.12. The Morgan fingerprint density at radius 2 is 2.14 bits per heavy atom. The summed E-state index contributed by atoms with van der Waals surface area (Å²) in [5.41, 5.74) is 0.826. The lowest BCUT2D eigenvalue weighted by atomic mass is 10.2. The Labute approximate surface area is 138 Å². The van der Waals surface area contributed by atoms with Crippen LogP contribution in [-0.2, 0) is 11.3 Å². The van der Waals surface area contributed by atoms with E-state index in [2.05, 4.69) is 5.32 Å². The van der Waals surface area contributed by atoms with E-state index in [-0.39, 0.29) is 0 Å². The summed E-state index contributed by atoms with van der Waals surface area (Å²) in [4.78, 5) is 11.2. The highest BCUT2D eigenvalue weighted by Crippen LogP contribution is 2.28. The smallest absolute Gasteiger partial charge is 0.320 e. The first-order valence-corrected chi connectivity index (χ1v) is 8.67. The number of furan rings is 1. The molecule has 2 N–H and O–H groups in total. The molecule has 4 nitrogen and oxygen atoms in total. The SMILES string of the molecule is CSCCC(NCc1ccc(-c2ccccc2Cl)o1)C(=O)O. The molecule has 0 aliphatic heterocycles. The lowest BCUT2D eigenvalue weighted by molar-refractivity contribution is -0.139. The second-order valence-electron chi connectivity index (χ2n) is 4.80. The van der Waals surface area contributed by atoms with E-state index in [1.54, 1.807) is 17.8 Å². The molecule has 0 amide bonds. The molecule has 0 aliphatic carbocycles. The monoisotopic (exact) mass is 339 g/mol. The highest BCUT2D eigenvalue weighted by Gasteiger charge is 2.17. The third-order valence-electron chi connectivity index (χ3n) is 3.23. The Morgan fingerprint density at radius 1 is 1.36 bits per heavy atom. The van der Waals surface area contributed by atoms with Gasteiger partial charge in [0.1, 0.15) is 17.6 Å². The molecule has 1 unspecified atom stereocenters. The first kappa shape index (κ1) is 16.9. The minimum Gasteiger partial charge on any atom is -0.480 e. The standard InChI is InChI=1S/C16H18ClNO3S/c1-22-9-8-14(16(19)20)18-10-11-6-7-15(21-11)12-4-2-3-5-13(12)17/h2-7,14,18H,8-10H2,1H3,(H,19,20). The van der Waals surface area contributed by atoms with Gasteiger partial charge in [-0.2, -0.15) is 11.8 Å². The van der Waals surface area contributed by atoms with Crippen molar-refractivity contribution in [3.8, 4) is 11.3 Å². The molecule has 0 radical (unpaired) electrons. The molecule has 1 aromatic heterocycles. The maximum absolute atomic E-state index is 11.2. The number of benzene rings is 1. The maximum Gasteiger partial charge on any atom is 0.320 e. The van der Waals surface area contributed by atoms with Crippen molar-refractivity contribution in [3.05, 3.63) is 47.2 Å². The van der Waals surface area contributed by atoms with E-state index < -0.39 is 12.0 Å². The Balaban J connectivity index is 2.00. The molecule has 0 saturated carbocycles. The zero-order valence-corrected chi connectivity index (χ0v) is 13.8. The molecule has 22 heavy (non-hydrogen) atoms. The molecule has 0 aliphatic rings. The van der Waals surface area contributed by atoms with Crippen molar-refractivity contribution in [2.24, 2.45) is 0 Å². The van der Waals surface area contributed by atoms with Crippen LogP contribution in [0.25, 0.3) is 11.3 Å². The van der Waals surface area contributed by atoms with E-state index in [4.69, 9.17) is 16.0 Å². The molecule has 1 heterocycles. The van der Waals surface area contributed by atoms with Gasteiger partial charge in [0.25, 0.3) is 0 Å². The van der Waals surface area contributed by atoms with Crippen molar-refractivity contribution < 1.29 is 14.3 Å². The highest BCUT2D eigenvalue weighted by molar-refractivity contribution is 7.98. The molecular weight excluding hydrogens is 322 g/mol. The Hall–Kier alpha value is -1.43. The molecule has 2 aromatic rings. The Bertz CT molecular complexity index is 629. The predicted molar refractivity (Wildman–Crippen MR) is 90.4 cm³/mol. The average Bonchev–Trinajstić information content (AvgIpc) is 2.96. The van der Waals surface area contributed by atoms with Gasteiger partial charge < -0.3 is 9.52 Å². The number of hydrogen-bond acceptors (Lipinski definition) is 4. The van der Waals surface area contributed by atoms with Gasteiger partial charge in [0.05, 0.1) is 11.6 Å². The van der Waals surface area contributed by atoms with Gasteiger partial charge in [-0.15, -0.1) is 0 Å². The maximum atomic E-state index is 11.2. The number of carboxylic acid groups (broad SMARTS) is 1. The number of nitrogens with one attached hydrogen (secondary N) is 1. The van der Waals surface area contributed by atoms with Crippen LogP contribution >= 0.6 is 23.4 Å². The Kier molecular flexibility index (Phi) is 6.36. The topological polar surface area (TPSA) is 62.5 Å². The number of aliphatic carboxylic acids is 1. The normalized spacial score (nSPS) is 12.3. The molecule has 0 spiro atoms. The molecule has 0 saturated heterocycles. The van der Waals surface area contributed by atoms with Crippen molar-refractivity contribution in [2.75, 3.05) is 12.0 Å². The largest absolute Gasteiger partial charge is 0.480 e. The minimum atomic E-state index is -0.841. The molecule has 0 fully saturated rings. The summed E-state index contributed by atoms with van der Waals surface area (Å²) in [6.07, 6.45) is 2.54. The summed E-state index contributed by atoms with van der Waals surface area (Å²) in [5, 5.41) is 12.8. The van der Waals surface area contributed by atoms with Crippen LogP contribution in [0.1, 0.15) is 12.2 Å². The molecule has 6 heteroatoms. The zero-order valence-electron chi connectivity index (χ0n) is 12.2. The van der Waals surface area contributed by atoms with Crippen molar-refractivity contribution in [1.82, 2.24) is 5.32 Å². The van der Waals surface area contributed by atoms with E-state index >= 15 is 0 Å². The first-order valence-electron chi connectivity index (χ1n) is 6.90. The van der Waals surface area contributed by atoms with Gasteiger partial charge in [-0.3, -0.25) is 10.1 Å². The van der Waals surface area contributed by atoms with Crippen molar-refractivity contribution >= 4 is 29.3 Å². The molecule has 1 atom stereocenters. The summed E-state index contributed by atoms with van der Waals surface area (Å²) in [6.45, 7) is 0.371. The second-order valence-corrected chi connectivity index (χ2v) is 6.19. The van der Waals surface area contributed by atoms with E-state index in [9.17, 15) is 9.90 Å². The van der Waals surface area contributed by atoms with Gasteiger partial charge in [0.2, 0.25) is 0 Å². The van der Waals surface area contributed by atoms with Crippen LogP contribution in [0.15, 0.2) is 40.8 Å². The van der Waals surface area contributed by atoms with Crippen LogP contribution in [0, 0.1) is 0 Å². The van der Waals surface area contributed by atoms with Crippen LogP contribution in [0.2, 0.25) is 5.02 Å². The van der Waals surface area contributed by atoms with E-state index in [0.717, 1.165) is 11.3 Å². The molecule has 118 valence electrons. The number of hydrogen-bond donors (Lipinski definition) is 2. The molecule has 2 rings (SSSR count).